The van der Waals surface area contributed by atoms with Gasteiger partial charge in [0.2, 0.25) is 0 Å². The summed E-state index contributed by atoms with van der Waals surface area (Å²) in [6.07, 6.45) is 0. The first kappa shape index (κ1) is 22.1. The molecule has 0 aliphatic rings. The van der Waals surface area contributed by atoms with Gasteiger partial charge in [0.05, 0.1) is 0 Å². The summed E-state index contributed by atoms with van der Waals surface area (Å²) in [5.41, 5.74) is 0. The number of hydrogen-bond acceptors (Lipinski definition) is 0. The third-order valence-corrected chi connectivity index (χ3v) is 64.6. The molecule has 0 amide bonds. The van der Waals surface area contributed by atoms with Gasteiger partial charge in [-0.05, 0) is 0 Å². The Labute approximate surface area is 145 Å². The molecule has 0 aromatic rings. The van der Waals surface area contributed by atoms with Gasteiger partial charge in [-0.25, -0.2) is 0 Å². The summed E-state index contributed by atoms with van der Waals surface area (Å²) >= 11 is 2.97. The molecule has 0 fully saturated rings. The molecule has 124 valence electrons. The summed E-state index contributed by atoms with van der Waals surface area (Å²) in [5.74, 6) is 0. The van der Waals surface area contributed by atoms with E-state index in [-0.39, 0.29) is 0 Å². The molecule has 0 aromatic heterocycles. The Morgan fingerprint density at radius 1 is 0.500 bits per heavy atom. The second kappa shape index (κ2) is 6.90. The van der Waals surface area contributed by atoms with Crippen molar-refractivity contribution in [2.75, 3.05) is 0 Å². The van der Waals surface area contributed by atoms with E-state index in [4.69, 9.17) is 0 Å². The Morgan fingerprint density at radius 3 is 0.750 bits per heavy atom. The van der Waals surface area contributed by atoms with Gasteiger partial charge in [-0.2, -0.15) is 0 Å². The minimum absolute atomic E-state index is 1.06. The molecule has 0 atom stereocenters. The van der Waals surface area contributed by atoms with Crippen LogP contribution in [0.4, 0.5) is 0 Å². The van der Waals surface area contributed by atoms with Crippen molar-refractivity contribution >= 4 is 43.5 Å². The van der Waals surface area contributed by atoms with Crippen LogP contribution in [0.25, 0.3) is 0 Å². The van der Waals surface area contributed by atoms with Crippen molar-refractivity contribution in [1.82, 2.24) is 0 Å². The molecule has 0 aliphatic carbocycles. The summed E-state index contributed by atoms with van der Waals surface area (Å²) in [5, 5.41) is 0. The van der Waals surface area contributed by atoms with Crippen molar-refractivity contribution in [2.45, 2.75) is 86.6 Å². The molecule has 0 aromatic carbocycles. The summed E-state index contributed by atoms with van der Waals surface area (Å²) in [6.45, 7) is 31.7. The van der Waals surface area contributed by atoms with Crippen LogP contribution in [0.3, 0.4) is 0 Å². The van der Waals surface area contributed by atoms with Gasteiger partial charge < -0.3 is 0 Å². The maximum absolute atomic E-state index is 4.13. The molecule has 0 rings (SSSR count). The van der Waals surface area contributed by atoms with Gasteiger partial charge >= 0.3 is 147 Å². The van der Waals surface area contributed by atoms with E-state index in [1.54, 1.807) is 0 Å². The van der Waals surface area contributed by atoms with Crippen LogP contribution in [0.1, 0.15) is 0 Å². The predicted molar refractivity (Wildman–Crippen MR) is 107 cm³/mol. The molecule has 0 unspecified atom stereocenters. The zero-order chi connectivity index (χ0) is 16.7. The van der Waals surface area contributed by atoms with Crippen molar-refractivity contribution in [3.63, 3.8) is 0 Å². The van der Waals surface area contributed by atoms with Gasteiger partial charge in [0, 0.05) is 0 Å². The van der Waals surface area contributed by atoms with Crippen molar-refractivity contribution in [3.05, 3.63) is 0 Å². The Bertz CT molecular complexity index is 293. The van der Waals surface area contributed by atoms with Gasteiger partial charge in [-0.15, -0.1) is 0 Å². The van der Waals surface area contributed by atoms with E-state index in [0.29, 0.717) is 0 Å². The molecule has 0 bridgehead atoms. The molecule has 0 saturated heterocycles. The van der Waals surface area contributed by atoms with Gasteiger partial charge in [-0.3, -0.25) is 0 Å². The summed E-state index contributed by atoms with van der Waals surface area (Å²) < 4.78 is 2.31. The first-order valence-corrected chi connectivity index (χ1v) is 29.3. The molecular formula is C14H38GePdSi4. The van der Waals surface area contributed by atoms with E-state index in [1.165, 1.54) is 0 Å². The third-order valence-electron chi connectivity index (χ3n) is 3.98. The van der Waals surface area contributed by atoms with Crippen LogP contribution in [0.2, 0.25) is 86.6 Å². The molecular weight excluding hydrogens is 460 g/mol. The van der Waals surface area contributed by atoms with Gasteiger partial charge in [0.15, 0.2) is 0 Å². The van der Waals surface area contributed by atoms with Gasteiger partial charge in [-0.1, -0.05) is 0 Å². The first-order valence-electron chi connectivity index (χ1n) is 7.89. The average Bonchev–Trinajstić information content (AvgIpc) is 1.88. The van der Waals surface area contributed by atoms with E-state index in [1.807, 2.05) is 0 Å². The Hall–Kier alpha value is 2.07. The quantitative estimate of drug-likeness (QED) is 0.408. The van der Waals surface area contributed by atoms with E-state index < -0.39 is 43.5 Å². The van der Waals surface area contributed by atoms with Gasteiger partial charge in [0.25, 0.3) is 0 Å². The summed E-state index contributed by atoms with van der Waals surface area (Å²) in [4.78, 5) is 0. The molecule has 0 spiro atoms. The SMILES string of the molecule is C[Si](C)(C)[CH]([Ge](=[Pd])[CH]([Si](C)(C)C)[Si](C)(C)C)[Si](C)(C)C. The Kier molecular flexibility index (Phi) is 7.62. The van der Waals surface area contributed by atoms with E-state index in [2.05, 4.69) is 95.0 Å². The molecule has 20 heavy (non-hydrogen) atoms. The topological polar surface area (TPSA) is 0 Å². The van der Waals surface area contributed by atoms with Crippen molar-refractivity contribution in [1.29, 1.82) is 0 Å². The maximum atomic E-state index is 4.13. The first-order chi connectivity index (χ1) is 8.40. The van der Waals surface area contributed by atoms with Crippen LogP contribution in [0.15, 0.2) is 0 Å². The third kappa shape index (κ3) is 6.29. The van der Waals surface area contributed by atoms with Crippen molar-refractivity contribution in [3.8, 4) is 0 Å². The Balaban J connectivity index is 5.89. The van der Waals surface area contributed by atoms with Crippen LogP contribution in [0, 0.1) is 0 Å². The van der Waals surface area contributed by atoms with Crippen LogP contribution in [-0.2, 0) is 16.5 Å². The fraction of sp³-hybridized carbons (Fsp3) is 1.00. The van der Waals surface area contributed by atoms with Crippen LogP contribution < -0.4 is 0 Å². The normalized spacial score (nSPS) is 15.2. The molecule has 0 saturated carbocycles. The zero-order valence-electron chi connectivity index (χ0n) is 16.0. The fourth-order valence-electron chi connectivity index (χ4n) is 4.31. The molecule has 0 radical (unpaired) electrons. The second-order valence-corrected chi connectivity index (χ2v) is 46.5. The molecule has 0 heterocycles. The van der Waals surface area contributed by atoms with E-state index in [0.717, 1.165) is 7.99 Å². The Morgan fingerprint density at radius 2 is 0.650 bits per heavy atom. The average molecular weight is 498 g/mol. The van der Waals surface area contributed by atoms with Crippen molar-refractivity contribution in [2.24, 2.45) is 0 Å². The molecule has 6 heteroatoms. The van der Waals surface area contributed by atoms with E-state index >= 15 is 0 Å². The molecule has 0 N–H and O–H groups in total. The second-order valence-electron chi connectivity index (χ2n) is 10.7. The zero-order valence-corrected chi connectivity index (χ0v) is 23.6. The van der Waals surface area contributed by atoms with Gasteiger partial charge in [0.1, 0.15) is 0 Å². The standard InChI is InChI=1S/C14H38GeSi4.Pd/c1-16(2,3)13(17(4,5)6)15-14(18(7,8)9)19(10,11)12;/h13-14H,1-12H3;. The fourth-order valence-corrected chi connectivity index (χ4v) is 97.3. The molecule has 0 aliphatic heterocycles. The summed E-state index contributed by atoms with van der Waals surface area (Å²) in [7, 11) is -4.25. The predicted octanol–water partition coefficient (Wildman–Crippen LogP) is 5.77. The number of hydrogen-bond donors (Lipinski definition) is 0. The molecule has 0 nitrogen and oxygen atoms in total. The van der Waals surface area contributed by atoms with Crippen LogP contribution in [-0.4, -0.2) is 43.5 Å². The monoisotopic (exact) mass is 498 g/mol. The van der Waals surface area contributed by atoms with E-state index in [9.17, 15) is 0 Å². The van der Waals surface area contributed by atoms with Crippen LogP contribution in [0.5, 0.6) is 0 Å². The summed E-state index contributed by atoms with van der Waals surface area (Å²) in [6, 6.07) is 0. The van der Waals surface area contributed by atoms with Crippen LogP contribution >= 0.6 is 0 Å². The van der Waals surface area contributed by atoms with Crippen molar-refractivity contribution < 1.29 is 16.5 Å². The minimum atomic E-state index is -1.16. The number of rotatable bonds is 6.